The molecular formula is C19H23F3N4O4. The number of hydrogen-bond donors (Lipinski definition) is 1. The maximum absolute atomic E-state index is 10.6. The van der Waals surface area contributed by atoms with E-state index in [1.54, 1.807) is 25.7 Å². The third-order valence-electron chi connectivity index (χ3n) is 4.32. The first-order chi connectivity index (χ1) is 14.3. The number of rotatable bonds is 7. The molecule has 8 nitrogen and oxygen atoms in total. The highest BCUT2D eigenvalue weighted by Gasteiger charge is 2.38. The van der Waals surface area contributed by atoms with Gasteiger partial charge in [0.2, 0.25) is 5.95 Å². The van der Waals surface area contributed by atoms with Gasteiger partial charge >= 0.3 is 12.1 Å². The van der Waals surface area contributed by atoms with Gasteiger partial charge in [-0.3, -0.25) is 4.98 Å². The number of aliphatic carboxylic acids is 1. The third kappa shape index (κ3) is 7.23. The van der Waals surface area contributed by atoms with Crippen LogP contribution < -0.4 is 4.90 Å². The molecule has 3 rings (SSSR count). The Labute approximate surface area is 171 Å². The first-order valence-corrected chi connectivity index (χ1v) is 9.16. The highest BCUT2D eigenvalue weighted by Crippen LogP contribution is 2.27. The highest BCUT2D eigenvalue weighted by molar-refractivity contribution is 5.73. The fourth-order valence-corrected chi connectivity index (χ4v) is 2.99. The van der Waals surface area contributed by atoms with Gasteiger partial charge in [0.25, 0.3) is 0 Å². The summed E-state index contributed by atoms with van der Waals surface area (Å²) in [5.74, 6) is -1.99. The van der Waals surface area contributed by atoms with Crippen molar-refractivity contribution >= 4 is 11.9 Å². The minimum atomic E-state index is -5.08. The van der Waals surface area contributed by atoms with Crippen molar-refractivity contribution < 1.29 is 32.5 Å². The van der Waals surface area contributed by atoms with Gasteiger partial charge in [-0.25, -0.2) is 14.8 Å². The van der Waals surface area contributed by atoms with Crippen molar-refractivity contribution in [1.29, 1.82) is 0 Å². The average Bonchev–Trinajstić information content (AvgIpc) is 3.12. The van der Waals surface area contributed by atoms with Crippen LogP contribution in [-0.2, 0) is 20.7 Å². The summed E-state index contributed by atoms with van der Waals surface area (Å²) in [5.41, 5.74) is 1.20. The van der Waals surface area contributed by atoms with Crippen molar-refractivity contribution in [3.05, 3.63) is 48.5 Å². The van der Waals surface area contributed by atoms with Gasteiger partial charge in [0, 0.05) is 38.4 Å². The average molecular weight is 428 g/mol. The lowest BCUT2D eigenvalue weighted by Crippen LogP contribution is -2.39. The van der Waals surface area contributed by atoms with Crippen molar-refractivity contribution in [2.24, 2.45) is 0 Å². The van der Waals surface area contributed by atoms with Gasteiger partial charge in [-0.05, 0) is 30.5 Å². The van der Waals surface area contributed by atoms with Gasteiger partial charge in [-0.1, -0.05) is 6.07 Å². The molecule has 0 spiro atoms. The molecule has 1 fully saturated rings. The molecule has 164 valence electrons. The van der Waals surface area contributed by atoms with E-state index >= 15 is 0 Å². The number of alkyl halides is 3. The molecule has 2 atom stereocenters. The second-order valence-electron chi connectivity index (χ2n) is 6.37. The smallest absolute Gasteiger partial charge is 0.475 e. The number of hydrogen-bond acceptors (Lipinski definition) is 7. The molecule has 11 heteroatoms. The zero-order chi connectivity index (χ0) is 22.0. The summed E-state index contributed by atoms with van der Waals surface area (Å²) in [6.45, 7) is 2.11. The quantitative estimate of drug-likeness (QED) is 0.672. The van der Waals surface area contributed by atoms with Crippen molar-refractivity contribution in [3.8, 4) is 0 Å². The summed E-state index contributed by atoms with van der Waals surface area (Å²) in [5, 5.41) is 7.12. The van der Waals surface area contributed by atoms with Gasteiger partial charge in [-0.15, -0.1) is 0 Å². The standard InChI is InChI=1S/C17H22N4O2.C2HF3O2/c1-22-10-11-23-16-5-9-21(17-19-7-3-8-20-17)15(16)12-14-4-2-6-18-13-14;3-2(4,5)1(6)7/h2-4,6-8,13,15-16H,5,9-12H2,1H3;(H,6,7)/t15-,16+;/m0./s1. The van der Waals surface area contributed by atoms with E-state index in [-0.39, 0.29) is 12.1 Å². The van der Waals surface area contributed by atoms with Gasteiger partial charge in [0.15, 0.2) is 0 Å². The SMILES string of the molecule is COCCO[C@@H]1CCN(c2ncccn2)[C@H]1Cc1cccnc1.O=C(O)C(F)(F)F. The molecule has 0 saturated carbocycles. The molecule has 0 unspecified atom stereocenters. The number of carboxylic acids is 1. The van der Waals surface area contributed by atoms with E-state index in [1.807, 2.05) is 18.3 Å². The van der Waals surface area contributed by atoms with E-state index in [0.29, 0.717) is 13.2 Å². The van der Waals surface area contributed by atoms with Crippen LogP contribution in [0.15, 0.2) is 43.0 Å². The molecule has 1 aliphatic rings. The van der Waals surface area contributed by atoms with Crippen LogP contribution in [-0.4, -0.2) is 71.2 Å². The van der Waals surface area contributed by atoms with Crippen molar-refractivity contribution in [2.45, 2.75) is 31.2 Å². The minimum absolute atomic E-state index is 0.147. The molecule has 2 aromatic rings. The summed E-state index contributed by atoms with van der Waals surface area (Å²) >= 11 is 0. The molecule has 0 aromatic carbocycles. The van der Waals surface area contributed by atoms with Crippen molar-refractivity contribution in [1.82, 2.24) is 15.0 Å². The number of ether oxygens (including phenoxy) is 2. The van der Waals surface area contributed by atoms with E-state index < -0.39 is 12.1 Å². The minimum Gasteiger partial charge on any atom is -0.475 e. The Morgan fingerprint density at radius 3 is 2.50 bits per heavy atom. The van der Waals surface area contributed by atoms with E-state index in [1.165, 1.54) is 5.56 Å². The van der Waals surface area contributed by atoms with Crippen molar-refractivity contribution in [3.63, 3.8) is 0 Å². The molecule has 0 bridgehead atoms. The van der Waals surface area contributed by atoms with Crippen LogP contribution in [0.4, 0.5) is 19.1 Å². The third-order valence-corrected chi connectivity index (χ3v) is 4.32. The van der Waals surface area contributed by atoms with E-state index in [0.717, 1.165) is 25.3 Å². The summed E-state index contributed by atoms with van der Waals surface area (Å²) in [6, 6.07) is 6.11. The molecule has 0 radical (unpaired) electrons. The molecule has 1 N–H and O–H groups in total. The summed E-state index contributed by atoms with van der Waals surface area (Å²) in [6.07, 6.45) is 4.16. The first kappa shape index (κ1) is 23.5. The number of nitrogens with zero attached hydrogens (tertiary/aromatic N) is 4. The van der Waals surface area contributed by atoms with Crippen LogP contribution in [0.5, 0.6) is 0 Å². The van der Waals surface area contributed by atoms with Crippen molar-refractivity contribution in [2.75, 3.05) is 31.8 Å². The monoisotopic (exact) mass is 428 g/mol. The number of pyridine rings is 1. The lowest BCUT2D eigenvalue weighted by atomic mass is 10.0. The van der Waals surface area contributed by atoms with Crippen LogP contribution in [0.1, 0.15) is 12.0 Å². The zero-order valence-electron chi connectivity index (χ0n) is 16.3. The molecular weight excluding hydrogens is 405 g/mol. The predicted molar refractivity (Wildman–Crippen MR) is 101 cm³/mol. The lowest BCUT2D eigenvalue weighted by molar-refractivity contribution is -0.192. The highest BCUT2D eigenvalue weighted by atomic mass is 19.4. The summed E-state index contributed by atoms with van der Waals surface area (Å²) in [4.78, 5) is 24.2. The molecule has 1 aliphatic heterocycles. The maximum atomic E-state index is 10.6. The lowest BCUT2D eigenvalue weighted by Gasteiger charge is -2.28. The van der Waals surface area contributed by atoms with Crippen LogP contribution in [0.25, 0.3) is 0 Å². The number of halogens is 3. The molecule has 2 aromatic heterocycles. The fourth-order valence-electron chi connectivity index (χ4n) is 2.99. The number of anilines is 1. The van der Waals surface area contributed by atoms with E-state index in [9.17, 15) is 13.2 Å². The van der Waals surface area contributed by atoms with Gasteiger partial charge in [-0.2, -0.15) is 13.2 Å². The zero-order valence-corrected chi connectivity index (χ0v) is 16.3. The Morgan fingerprint density at radius 1 is 1.23 bits per heavy atom. The number of aromatic nitrogens is 3. The molecule has 3 heterocycles. The fraction of sp³-hybridized carbons (Fsp3) is 0.474. The second kappa shape index (κ2) is 11.4. The van der Waals surface area contributed by atoms with E-state index in [2.05, 4.69) is 25.9 Å². The summed E-state index contributed by atoms with van der Waals surface area (Å²) in [7, 11) is 1.69. The molecule has 30 heavy (non-hydrogen) atoms. The van der Waals surface area contributed by atoms with Crippen LogP contribution in [0.3, 0.4) is 0 Å². The van der Waals surface area contributed by atoms with Crippen LogP contribution in [0, 0.1) is 0 Å². The Morgan fingerprint density at radius 2 is 1.93 bits per heavy atom. The van der Waals surface area contributed by atoms with E-state index in [4.69, 9.17) is 19.4 Å². The van der Waals surface area contributed by atoms with Crippen LogP contribution in [0.2, 0.25) is 0 Å². The summed E-state index contributed by atoms with van der Waals surface area (Å²) < 4.78 is 42.9. The normalized spacial score (nSPS) is 18.6. The second-order valence-corrected chi connectivity index (χ2v) is 6.37. The van der Waals surface area contributed by atoms with Gasteiger partial charge in [0.05, 0.1) is 25.4 Å². The largest absolute Gasteiger partial charge is 0.490 e. The topological polar surface area (TPSA) is 97.7 Å². The Balaban J connectivity index is 0.000000396. The van der Waals surface area contributed by atoms with Crippen LogP contribution >= 0.6 is 0 Å². The maximum Gasteiger partial charge on any atom is 0.490 e. The Hall–Kier alpha value is -2.79. The number of carboxylic acid groups (broad SMARTS) is 1. The first-order valence-electron chi connectivity index (χ1n) is 9.16. The Kier molecular flexibility index (Phi) is 8.93. The number of carbonyl (C=O) groups is 1. The number of methoxy groups -OCH3 is 1. The molecule has 1 saturated heterocycles. The van der Waals surface area contributed by atoms with Gasteiger partial charge < -0.3 is 19.5 Å². The van der Waals surface area contributed by atoms with Gasteiger partial charge in [0.1, 0.15) is 0 Å². The molecule has 0 amide bonds. The molecule has 0 aliphatic carbocycles. The predicted octanol–water partition coefficient (Wildman–Crippen LogP) is 2.36. The Bertz CT molecular complexity index is 765.